The molecule has 0 aliphatic carbocycles. The Kier molecular flexibility index (Phi) is 4.74. The summed E-state index contributed by atoms with van der Waals surface area (Å²) in [6.45, 7) is -1.04. The number of ether oxygens (including phenoxy) is 1. The first-order chi connectivity index (χ1) is 7.63. The quantitative estimate of drug-likeness (QED) is 0.801. The Labute approximate surface area is 92.9 Å². The predicted molar refractivity (Wildman–Crippen MR) is 56.4 cm³/mol. The van der Waals surface area contributed by atoms with E-state index in [1.165, 1.54) is 12.1 Å². The SMILES string of the molecule is Cc1cc(OC(F)F)ccc1C#CCCO. The van der Waals surface area contributed by atoms with Crippen LogP contribution in [0.4, 0.5) is 8.78 Å². The van der Waals surface area contributed by atoms with Gasteiger partial charge in [0, 0.05) is 12.0 Å². The van der Waals surface area contributed by atoms with Crippen molar-refractivity contribution in [1.29, 1.82) is 0 Å². The molecule has 0 saturated heterocycles. The number of alkyl halides is 2. The summed E-state index contributed by atoms with van der Waals surface area (Å²) in [5.74, 6) is 5.73. The van der Waals surface area contributed by atoms with Crippen molar-refractivity contribution in [2.45, 2.75) is 20.0 Å². The number of hydrogen-bond donors (Lipinski definition) is 1. The monoisotopic (exact) mass is 226 g/mol. The minimum atomic E-state index is -2.81. The third-order valence-corrected chi connectivity index (χ3v) is 1.88. The molecule has 1 N–H and O–H groups in total. The van der Waals surface area contributed by atoms with Crippen LogP contribution in [0.5, 0.6) is 5.75 Å². The first kappa shape index (κ1) is 12.5. The van der Waals surface area contributed by atoms with E-state index in [2.05, 4.69) is 16.6 Å². The van der Waals surface area contributed by atoms with Gasteiger partial charge < -0.3 is 9.84 Å². The first-order valence-corrected chi connectivity index (χ1v) is 4.78. The molecule has 86 valence electrons. The van der Waals surface area contributed by atoms with Gasteiger partial charge in [-0.2, -0.15) is 8.78 Å². The summed E-state index contributed by atoms with van der Waals surface area (Å²) in [5.41, 5.74) is 1.51. The average Bonchev–Trinajstić information content (AvgIpc) is 2.20. The average molecular weight is 226 g/mol. The number of aliphatic hydroxyl groups is 1. The number of rotatable bonds is 3. The van der Waals surface area contributed by atoms with E-state index in [4.69, 9.17) is 5.11 Å². The normalized spacial score (nSPS) is 9.81. The molecule has 0 bridgehead atoms. The smallest absolute Gasteiger partial charge is 0.387 e. The van der Waals surface area contributed by atoms with Gasteiger partial charge in [-0.25, -0.2) is 0 Å². The van der Waals surface area contributed by atoms with Crippen LogP contribution < -0.4 is 4.74 Å². The summed E-state index contributed by atoms with van der Waals surface area (Å²) in [5, 5.41) is 8.55. The highest BCUT2D eigenvalue weighted by Crippen LogP contribution is 2.18. The molecule has 0 aliphatic heterocycles. The van der Waals surface area contributed by atoms with E-state index in [9.17, 15) is 8.78 Å². The summed E-state index contributed by atoms with van der Waals surface area (Å²) < 4.78 is 28.1. The van der Waals surface area contributed by atoms with Crippen LogP contribution in [0.3, 0.4) is 0 Å². The van der Waals surface area contributed by atoms with Gasteiger partial charge in [0.1, 0.15) is 5.75 Å². The van der Waals surface area contributed by atoms with Gasteiger partial charge in [-0.05, 0) is 30.7 Å². The topological polar surface area (TPSA) is 29.5 Å². The number of aliphatic hydroxyl groups excluding tert-OH is 1. The van der Waals surface area contributed by atoms with Crippen LogP contribution in [-0.2, 0) is 0 Å². The Bertz CT molecular complexity index is 405. The van der Waals surface area contributed by atoms with E-state index in [-0.39, 0.29) is 12.4 Å². The van der Waals surface area contributed by atoms with Gasteiger partial charge >= 0.3 is 6.61 Å². The van der Waals surface area contributed by atoms with Crippen LogP contribution in [0, 0.1) is 18.8 Å². The van der Waals surface area contributed by atoms with Gasteiger partial charge in [-0.15, -0.1) is 0 Å². The molecule has 0 aromatic heterocycles. The summed E-state index contributed by atoms with van der Waals surface area (Å²) in [6.07, 6.45) is 0.398. The molecule has 1 aromatic carbocycles. The minimum absolute atomic E-state index is 0.0125. The number of hydrogen-bond acceptors (Lipinski definition) is 2. The van der Waals surface area contributed by atoms with Crippen LogP contribution in [0.15, 0.2) is 18.2 Å². The van der Waals surface area contributed by atoms with E-state index in [1.54, 1.807) is 13.0 Å². The molecule has 4 heteroatoms. The Morgan fingerprint density at radius 2 is 2.19 bits per heavy atom. The highest BCUT2D eigenvalue weighted by molar-refractivity contribution is 5.44. The molecule has 16 heavy (non-hydrogen) atoms. The molecule has 0 spiro atoms. The van der Waals surface area contributed by atoms with E-state index < -0.39 is 6.61 Å². The maximum Gasteiger partial charge on any atom is 0.387 e. The molecular weight excluding hydrogens is 214 g/mol. The summed E-state index contributed by atoms with van der Waals surface area (Å²) >= 11 is 0. The molecule has 0 saturated carbocycles. The van der Waals surface area contributed by atoms with Crippen LogP contribution >= 0.6 is 0 Å². The number of halogens is 2. The van der Waals surface area contributed by atoms with Crippen LogP contribution in [0.1, 0.15) is 17.5 Å². The fourth-order valence-electron chi connectivity index (χ4n) is 1.17. The molecule has 0 fully saturated rings. The van der Waals surface area contributed by atoms with Crippen molar-refractivity contribution < 1.29 is 18.6 Å². The van der Waals surface area contributed by atoms with Gasteiger partial charge in [0.15, 0.2) is 0 Å². The zero-order valence-electron chi connectivity index (χ0n) is 8.84. The lowest BCUT2D eigenvalue weighted by Crippen LogP contribution is -2.02. The second kappa shape index (κ2) is 6.09. The van der Waals surface area contributed by atoms with E-state index in [0.29, 0.717) is 6.42 Å². The van der Waals surface area contributed by atoms with Gasteiger partial charge in [0.25, 0.3) is 0 Å². The maximum absolute atomic E-state index is 11.9. The molecule has 0 aliphatic rings. The maximum atomic E-state index is 11.9. The third-order valence-electron chi connectivity index (χ3n) is 1.88. The molecule has 0 amide bonds. The zero-order chi connectivity index (χ0) is 12.0. The van der Waals surface area contributed by atoms with Crippen molar-refractivity contribution in [2.75, 3.05) is 6.61 Å². The molecule has 1 rings (SSSR count). The van der Waals surface area contributed by atoms with Crippen LogP contribution in [0.25, 0.3) is 0 Å². The molecular formula is C12H12F2O2. The summed E-state index contributed by atoms with van der Waals surface area (Å²) in [7, 11) is 0. The lowest BCUT2D eigenvalue weighted by atomic mass is 10.1. The zero-order valence-corrected chi connectivity index (χ0v) is 8.84. The third kappa shape index (κ3) is 3.87. The van der Waals surface area contributed by atoms with Crippen molar-refractivity contribution >= 4 is 0 Å². The van der Waals surface area contributed by atoms with Crippen molar-refractivity contribution in [1.82, 2.24) is 0 Å². The van der Waals surface area contributed by atoms with Gasteiger partial charge in [0.05, 0.1) is 6.61 Å². The van der Waals surface area contributed by atoms with Crippen LogP contribution in [0.2, 0.25) is 0 Å². The Morgan fingerprint density at radius 1 is 1.44 bits per heavy atom. The molecule has 0 unspecified atom stereocenters. The lowest BCUT2D eigenvalue weighted by Gasteiger charge is -2.05. The molecule has 2 nitrogen and oxygen atoms in total. The molecule has 0 atom stereocenters. The van der Waals surface area contributed by atoms with Crippen molar-refractivity contribution in [3.8, 4) is 17.6 Å². The second-order valence-electron chi connectivity index (χ2n) is 3.13. The van der Waals surface area contributed by atoms with Gasteiger partial charge in [0.2, 0.25) is 0 Å². The molecule has 0 radical (unpaired) electrons. The van der Waals surface area contributed by atoms with Gasteiger partial charge in [-0.1, -0.05) is 11.8 Å². The first-order valence-electron chi connectivity index (χ1n) is 4.78. The van der Waals surface area contributed by atoms with Gasteiger partial charge in [-0.3, -0.25) is 0 Å². The summed E-state index contributed by atoms with van der Waals surface area (Å²) in [4.78, 5) is 0. The van der Waals surface area contributed by atoms with E-state index >= 15 is 0 Å². The van der Waals surface area contributed by atoms with E-state index in [0.717, 1.165) is 11.1 Å². The largest absolute Gasteiger partial charge is 0.435 e. The highest BCUT2D eigenvalue weighted by Gasteiger charge is 2.05. The summed E-state index contributed by atoms with van der Waals surface area (Å²) in [6, 6.07) is 4.58. The Hall–Kier alpha value is -1.60. The van der Waals surface area contributed by atoms with Crippen molar-refractivity contribution in [3.05, 3.63) is 29.3 Å². The number of benzene rings is 1. The number of aryl methyl sites for hydroxylation is 1. The van der Waals surface area contributed by atoms with E-state index in [1.807, 2.05) is 0 Å². The van der Waals surface area contributed by atoms with Crippen LogP contribution in [-0.4, -0.2) is 18.3 Å². The van der Waals surface area contributed by atoms with Crippen molar-refractivity contribution in [3.63, 3.8) is 0 Å². The second-order valence-corrected chi connectivity index (χ2v) is 3.13. The highest BCUT2D eigenvalue weighted by atomic mass is 19.3. The standard InChI is InChI=1S/C12H12F2O2/c1-9-8-11(16-12(13)14)6-5-10(9)4-2-3-7-15/h5-6,8,12,15H,3,7H2,1H3. The minimum Gasteiger partial charge on any atom is -0.435 e. The predicted octanol–water partition coefficient (Wildman–Crippen LogP) is 2.33. The lowest BCUT2D eigenvalue weighted by molar-refractivity contribution is -0.0498. The molecule has 1 aromatic rings. The fraction of sp³-hybridized carbons (Fsp3) is 0.333. The van der Waals surface area contributed by atoms with Crippen molar-refractivity contribution in [2.24, 2.45) is 0 Å². The Balaban J connectivity index is 2.80. The Morgan fingerprint density at radius 3 is 2.75 bits per heavy atom. The molecule has 0 heterocycles. The fourth-order valence-corrected chi connectivity index (χ4v) is 1.17.